The standard InChI is InChI=1S/C8H14INO3/c1-2-3-4-6(8(12)13)10-7(11)5-9/h6H,2-5H2,1H3,(H,10,11)(H,12,13). The van der Waals surface area contributed by atoms with E-state index in [4.69, 9.17) is 5.11 Å². The van der Waals surface area contributed by atoms with Crippen LogP contribution in [0.15, 0.2) is 0 Å². The van der Waals surface area contributed by atoms with Crippen molar-refractivity contribution in [2.75, 3.05) is 4.43 Å². The van der Waals surface area contributed by atoms with E-state index in [-0.39, 0.29) is 5.91 Å². The molecule has 13 heavy (non-hydrogen) atoms. The van der Waals surface area contributed by atoms with Crippen molar-refractivity contribution in [3.05, 3.63) is 0 Å². The summed E-state index contributed by atoms with van der Waals surface area (Å²) in [4.78, 5) is 21.5. The molecule has 0 radical (unpaired) electrons. The second-order valence-electron chi connectivity index (χ2n) is 2.73. The SMILES string of the molecule is CCCCC(NC(=O)CI)C(=O)O. The number of nitrogens with one attached hydrogen (secondary N) is 1. The predicted octanol–water partition coefficient (Wildman–Crippen LogP) is 1.18. The first kappa shape index (κ1) is 12.7. The summed E-state index contributed by atoms with van der Waals surface area (Å²) >= 11 is 1.90. The molecule has 0 aliphatic heterocycles. The molecule has 0 spiro atoms. The van der Waals surface area contributed by atoms with Gasteiger partial charge in [0.1, 0.15) is 6.04 Å². The highest BCUT2D eigenvalue weighted by Crippen LogP contribution is 2.01. The molecule has 0 bridgehead atoms. The molecule has 0 aromatic carbocycles. The van der Waals surface area contributed by atoms with Gasteiger partial charge >= 0.3 is 5.97 Å². The molecular formula is C8H14INO3. The lowest BCUT2D eigenvalue weighted by Gasteiger charge is -2.12. The summed E-state index contributed by atoms with van der Waals surface area (Å²) in [6.45, 7) is 1.99. The summed E-state index contributed by atoms with van der Waals surface area (Å²) in [5, 5.41) is 11.2. The molecule has 1 amide bonds. The Morgan fingerprint density at radius 2 is 2.15 bits per heavy atom. The molecule has 0 aliphatic carbocycles. The number of aliphatic carboxylic acids is 1. The van der Waals surface area contributed by atoms with E-state index in [2.05, 4.69) is 5.32 Å². The quantitative estimate of drug-likeness (QED) is 0.572. The maximum absolute atomic E-state index is 10.9. The predicted molar refractivity (Wildman–Crippen MR) is 58.0 cm³/mol. The van der Waals surface area contributed by atoms with Crippen LogP contribution in [0, 0.1) is 0 Å². The topological polar surface area (TPSA) is 66.4 Å². The Balaban J connectivity index is 3.94. The van der Waals surface area contributed by atoms with Gasteiger partial charge in [0.15, 0.2) is 0 Å². The van der Waals surface area contributed by atoms with E-state index in [1.807, 2.05) is 29.5 Å². The van der Waals surface area contributed by atoms with Gasteiger partial charge in [-0.3, -0.25) is 4.79 Å². The Kier molecular flexibility index (Phi) is 6.93. The number of carbonyl (C=O) groups excluding carboxylic acids is 1. The molecule has 0 saturated carbocycles. The molecule has 0 aromatic rings. The smallest absolute Gasteiger partial charge is 0.326 e. The lowest BCUT2D eigenvalue weighted by atomic mass is 10.1. The van der Waals surface area contributed by atoms with Gasteiger partial charge in [0, 0.05) is 0 Å². The molecule has 2 N–H and O–H groups in total. The average molecular weight is 299 g/mol. The lowest BCUT2D eigenvalue weighted by Crippen LogP contribution is -2.41. The normalized spacial score (nSPS) is 12.2. The summed E-state index contributed by atoms with van der Waals surface area (Å²) in [7, 11) is 0. The highest BCUT2D eigenvalue weighted by molar-refractivity contribution is 14.1. The Hall–Kier alpha value is -0.330. The van der Waals surface area contributed by atoms with Crippen molar-refractivity contribution >= 4 is 34.5 Å². The van der Waals surface area contributed by atoms with Crippen molar-refractivity contribution in [2.45, 2.75) is 32.2 Å². The highest BCUT2D eigenvalue weighted by atomic mass is 127. The van der Waals surface area contributed by atoms with Crippen LogP contribution in [0.5, 0.6) is 0 Å². The van der Waals surface area contributed by atoms with E-state index in [1.165, 1.54) is 0 Å². The zero-order valence-corrected chi connectivity index (χ0v) is 9.70. The highest BCUT2D eigenvalue weighted by Gasteiger charge is 2.17. The molecule has 0 aromatic heterocycles. The van der Waals surface area contributed by atoms with Crippen LogP contribution in [0.4, 0.5) is 0 Å². The number of carboxylic acids is 1. The minimum Gasteiger partial charge on any atom is -0.480 e. The lowest BCUT2D eigenvalue weighted by molar-refractivity contribution is -0.141. The van der Waals surface area contributed by atoms with Crippen LogP contribution < -0.4 is 5.32 Å². The summed E-state index contributed by atoms with van der Waals surface area (Å²) in [6.07, 6.45) is 2.26. The molecule has 76 valence electrons. The van der Waals surface area contributed by atoms with Crippen molar-refractivity contribution in [1.82, 2.24) is 5.32 Å². The van der Waals surface area contributed by atoms with Crippen LogP contribution in [-0.4, -0.2) is 27.5 Å². The summed E-state index contributed by atoms with van der Waals surface area (Å²) in [5.41, 5.74) is 0. The fourth-order valence-electron chi connectivity index (χ4n) is 0.899. The largest absolute Gasteiger partial charge is 0.480 e. The van der Waals surface area contributed by atoms with E-state index in [0.717, 1.165) is 12.8 Å². The second kappa shape index (κ2) is 7.11. The van der Waals surface area contributed by atoms with Gasteiger partial charge in [0.05, 0.1) is 4.43 Å². The van der Waals surface area contributed by atoms with Crippen LogP contribution in [0.3, 0.4) is 0 Å². The van der Waals surface area contributed by atoms with Gasteiger partial charge in [-0.1, -0.05) is 42.4 Å². The molecule has 0 saturated heterocycles. The number of hydrogen-bond acceptors (Lipinski definition) is 2. The maximum Gasteiger partial charge on any atom is 0.326 e. The fraction of sp³-hybridized carbons (Fsp3) is 0.750. The molecule has 0 aliphatic rings. The number of carbonyl (C=O) groups is 2. The minimum absolute atomic E-state index is 0.218. The molecule has 1 atom stereocenters. The zero-order valence-electron chi connectivity index (χ0n) is 7.55. The molecular weight excluding hydrogens is 285 g/mol. The van der Waals surface area contributed by atoms with Crippen molar-refractivity contribution in [3.63, 3.8) is 0 Å². The number of rotatable bonds is 6. The first-order valence-corrected chi connectivity index (χ1v) is 5.72. The minimum atomic E-state index is -0.952. The van der Waals surface area contributed by atoms with Gasteiger partial charge in [-0.15, -0.1) is 0 Å². The first-order valence-electron chi connectivity index (χ1n) is 4.20. The van der Waals surface area contributed by atoms with Crippen LogP contribution in [-0.2, 0) is 9.59 Å². The van der Waals surface area contributed by atoms with Crippen LogP contribution in [0.1, 0.15) is 26.2 Å². The number of alkyl halides is 1. The first-order chi connectivity index (χ1) is 6.11. The third kappa shape index (κ3) is 5.84. The van der Waals surface area contributed by atoms with E-state index >= 15 is 0 Å². The van der Waals surface area contributed by atoms with Gasteiger partial charge in [0.25, 0.3) is 0 Å². The number of halogens is 1. The molecule has 0 heterocycles. The Labute approximate surface area is 91.2 Å². The second-order valence-corrected chi connectivity index (χ2v) is 3.50. The molecule has 5 heteroatoms. The van der Waals surface area contributed by atoms with Crippen molar-refractivity contribution < 1.29 is 14.7 Å². The molecule has 4 nitrogen and oxygen atoms in total. The summed E-state index contributed by atoms with van der Waals surface area (Å²) in [5.74, 6) is -1.17. The number of hydrogen-bond donors (Lipinski definition) is 2. The van der Waals surface area contributed by atoms with Gasteiger partial charge in [-0.2, -0.15) is 0 Å². The van der Waals surface area contributed by atoms with Crippen LogP contribution in [0.25, 0.3) is 0 Å². The Morgan fingerprint density at radius 3 is 2.54 bits per heavy atom. The van der Waals surface area contributed by atoms with E-state index in [1.54, 1.807) is 0 Å². The number of unbranched alkanes of at least 4 members (excludes halogenated alkanes) is 1. The average Bonchev–Trinajstić information content (AvgIpc) is 2.11. The molecule has 1 unspecified atom stereocenters. The monoisotopic (exact) mass is 299 g/mol. The summed E-state index contributed by atoms with van der Waals surface area (Å²) in [6, 6.07) is -0.720. The van der Waals surface area contributed by atoms with Gasteiger partial charge in [-0.25, -0.2) is 4.79 Å². The van der Waals surface area contributed by atoms with E-state index in [0.29, 0.717) is 10.8 Å². The molecule has 0 rings (SSSR count). The van der Waals surface area contributed by atoms with Crippen LogP contribution >= 0.6 is 22.6 Å². The number of amides is 1. The van der Waals surface area contributed by atoms with E-state index in [9.17, 15) is 9.59 Å². The van der Waals surface area contributed by atoms with Crippen LogP contribution in [0.2, 0.25) is 0 Å². The van der Waals surface area contributed by atoms with Gasteiger partial charge in [-0.05, 0) is 6.42 Å². The maximum atomic E-state index is 10.9. The van der Waals surface area contributed by atoms with Gasteiger partial charge < -0.3 is 10.4 Å². The van der Waals surface area contributed by atoms with E-state index < -0.39 is 12.0 Å². The van der Waals surface area contributed by atoms with Gasteiger partial charge in [0.2, 0.25) is 5.91 Å². The third-order valence-electron chi connectivity index (χ3n) is 1.60. The van der Waals surface area contributed by atoms with Crippen molar-refractivity contribution in [2.24, 2.45) is 0 Å². The third-order valence-corrected chi connectivity index (χ3v) is 2.29. The Bertz CT molecular complexity index is 184. The zero-order chi connectivity index (χ0) is 10.3. The number of carboxylic acid groups (broad SMARTS) is 1. The fourth-order valence-corrected chi connectivity index (χ4v) is 1.12. The van der Waals surface area contributed by atoms with Crippen molar-refractivity contribution in [3.8, 4) is 0 Å². The Morgan fingerprint density at radius 1 is 1.54 bits per heavy atom. The van der Waals surface area contributed by atoms with Crippen molar-refractivity contribution in [1.29, 1.82) is 0 Å². The summed E-state index contributed by atoms with van der Waals surface area (Å²) < 4.78 is 0.299. The molecule has 0 fully saturated rings.